The lowest BCUT2D eigenvalue weighted by molar-refractivity contribution is -0.133. The number of carbonyl (C=O) groups excluding carboxylic acids is 1. The molecule has 1 aromatic carbocycles. The molecule has 1 saturated heterocycles. The number of carbonyl (C=O) groups is 1. The fourth-order valence-corrected chi connectivity index (χ4v) is 3.32. The SMILES string of the molecule is CC(c1cc2ccccc2o1)N(C)C(=O)C1CSCN1. The lowest BCUT2D eigenvalue weighted by atomic mass is 10.2. The Morgan fingerprint density at radius 2 is 2.30 bits per heavy atom. The minimum Gasteiger partial charge on any atom is -0.459 e. The summed E-state index contributed by atoms with van der Waals surface area (Å²) in [6.45, 7) is 2.00. The smallest absolute Gasteiger partial charge is 0.240 e. The third-order valence-corrected chi connectivity index (χ3v) is 4.74. The molecule has 1 aliphatic rings. The van der Waals surface area contributed by atoms with E-state index in [1.165, 1.54) is 0 Å². The summed E-state index contributed by atoms with van der Waals surface area (Å²) >= 11 is 1.76. The first-order valence-corrected chi connectivity index (χ1v) is 7.88. The first kappa shape index (κ1) is 13.5. The van der Waals surface area contributed by atoms with Gasteiger partial charge in [-0.25, -0.2) is 0 Å². The number of thioether (sulfide) groups is 1. The summed E-state index contributed by atoms with van der Waals surface area (Å²) in [7, 11) is 1.84. The van der Waals surface area contributed by atoms with E-state index in [0.717, 1.165) is 28.4 Å². The van der Waals surface area contributed by atoms with Crippen molar-refractivity contribution in [1.29, 1.82) is 0 Å². The van der Waals surface area contributed by atoms with Crippen molar-refractivity contribution in [3.8, 4) is 0 Å². The molecule has 3 rings (SSSR count). The largest absolute Gasteiger partial charge is 0.459 e. The van der Waals surface area contributed by atoms with Crippen LogP contribution in [-0.4, -0.2) is 35.5 Å². The first-order valence-electron chi connectivity index (χ1n) is 6.73. The zero-order valence-corrected chi connectivity index (χ0v) is 12.4. The molecule has 0 bridgehead atoms. The normalized spacial score (nSPS) is 20.2. The maximum absolute atomic E-state index is 12.4. The average molecular weight is 290 g/mol. The van der Waals surface area contributed by atoms with Crippen LogP contribution in [0.2, 0.25) is 0 Å². The van der Waals surface area contributed by atoms with E-state index < -0.39 is 0 Å². The Balaban J connectivity index is 1.80. The van der Waals surface area contributed by atoms with E-state index in [4.69, 9.17) is 4.42 Å². The summed E-state index contributed by atoms with van der Waals surface area (Å²) in [5.74, 6) is 2.65. The average Bonchev–Trinajstić information content (AvgIpc) is 3.13. The Hall–Kier alpha value is -1.46. The Morgan fingerprint density at radius 1 is 1.50 bits per heavy atom. The highest BCUT2D eigenvalue weighted by atomic mass is 32.2. The van der Waals surface area contributed by atoms with Gasteiger partial charge < -0.3 is 9.32 Å². The fourth-order valence-electron chi connectivity index (χ4n) is 2.39. The van der Waals surface area contributed by atoms with Gasteiger partial charge in [0.1, 0.15) is 11.3 Å². The maximum Gasteiger partial charge on any atom is 0.240 e. The molecule has 2 unspecified atom stereocenters. The highest BCUT2D eigenvalue weighted by Crippen LogP contribution is 2.27. The van der Waals surface area contributed by atoms with E-state index in [2.05, 4.69) is 5.32 Å². The second-order valence-corrected chi connectivity index (χ2v) is 6.11. The summed E-state index contributed by atoms with van der Waals surface area (Å²) in [6, 6.07) is 9.78. The van der Waals surface area contributed by atoms with Gasteiger partial charge in [0.25, 0.3) is 0 Å². The number of benzene rings is 1. The first-order chi connectivity index (χ1) is 9.66. The predicted octanol–water partition coefficient (Wildman–Crippen LogP) is 2.61. The van der Waals surface area contributed by atoms with Gasteiger partial charge in [-0.1, -0.05) is 18.2 Å². The summed E-state index contributed by atoms with van der Waals surface area (Å²) in [4.78, 5) is 14.1. The van der Waals surface area contributed by atoms with Crippen LogP contribution in [0, 0.1) is 0 Å². The van der Waals surface area contributed by atoms with Gasteiger partial charge in [-0.15, -0.1) is 11.8 Å². The Morgan fingerprint density at radius 3 is 3.00 bits per heavy atom. The van der Waals surface area contributed by atoms with Gasteiger partial charge in [0, 0.05) is 24.1 Å². The van der Waals surface area contributed by atoms with Crippen LogP contribution < -0.4 is 5.32 Å². The molecule has 1 aliphatic heterocycles. The molecule has 0 spiro atoms. The van der Waals surface area contributed by atoms with Gasteiger partial charge in [0.2, 0.25) is 5.91 Å². The molecule has 2 atom stereocenters. The van der Waals surface area contributed by atoms with Crippen LogP contribution in [-0.2, 0) is 4.79 Å². The molecule has 106 valence electrons. The molecule has 2 heterocycles. The highest BCUT2D eigenvalue weighted by Gasteiger charge is 2.29. The second kappa shape index (κ2) is 5.50. The number of furan rings is 1. The number of nitrogens with one attached hydrogen (secondary N) is 1. The molecule has 1 fully saturated rings. The fraction of sp³-hybridized carbons (Fsp3) is 0.400. The molecule has 1 aromatic heterocycles. The van der Waals surface area contributed by atoms with Gasteiger partial charge in [0.05, 0.1) is 12.1 Å². The number of rotatable bonds is 3. The monoisotopic (exact) mass is 290 g/mol. The third-order valence-electron chi connectivity index (χ3n) is 3.80. The van der Waals surface area contributed by atoms with Crippen molar-refractivity contribution in [2.24, 2.45) is 0 Å². The minimum atomic E-state index is -0.0724. The van der Waals surface area contributed by atoms with Gasteiger partial charge in [0.15, 0.2) is 0 Å². The van der Waals surface area contributed by atoms with Crippen molar-refractivity contribution in [2.45, 2.75) is 19.0 Å². The van der Waals surface area contributed by atoms with Crippen LogP contribution in [0.3, 0.4) is 0 Å². The van der Waals surface area contributed by atoms with Crippen molar-refractivity contribution < 1.29 is 9.21 Å². The minimum absolute atomic E-state index is 0.0673. The lowest BCUT2D eigenvalue weighted by Gasteiger charge is -2.25. The quantitative estimate of drug-likeness (QED) is 0.944. The molecule has 0 aliphatic carbocycles. The van der Waals surface area contributed by atoms with Crippen molar-refractivity contribution >= 4 is 28.6 Å². The number of amides is 1. The van der Waals surface area contributed by atoms with E-state index in [0.29, 0.717) is 0 Å². The van der Waals surface area contributed by atoms with E-state index in [1.807, 2.05) is 44.3 Å². The number of para-hydroxylation sites is 1. The van der Waals surface area contributed by atoms with Crippen LogP contribution in [0.15, 0.2) is 34.7 Å². The van der Waals surface area contributed by atoms with E-state index >= 15 is 0 Å². The van der Waals surface area contributed by atoms with Gasteiger partial charge in [-0.3, -0.25) is 10.1 Å². The zero-order valence-electron chi connectivity index (χ0n) is 11.6. The molecule has 0 radical (unpaired) electrons. The van der Waals surface area contributed by atoms with Crippen LogP contribution >= 0.6 is 11.8 Å². The number of fused-ring (bicyclic) bond motifs is 1. The lowest BCUT2D eigenvalue weighted by Crippen LogP contribution is -2.43. The van der Waals surface area contributed by atoms with E-state index in [1.54, 1.807) is 16.7 Å². The van der Waals surface area contributed by atoms with Crippen molar-refractivity contribution in [3.63, 3.8) is 0 Å². The molecule has 2 aromatic rings. The highest BCUT2D eigenvalue weighted by molar-refractivity contribution is 7.99. The van der Waals surface area contributed by atoms with Crippen molar-refractivity contribution in [1.82, 2.24) is 10.2 Å². The van der Waals surface area contributed by atoms with Gasteiger partial charge >= 0.3 is 0 Å². The van der Waals surface area contributed by atoms with E-state index in [9.17, 15) is 4.79 Å². The van der Waals surface area contributed by atoms with Crippen LogP contribution in [0.4, 0.5) is 0 Å². The molecule has 5 heteroatoms. The predicted molar refractivity (Wildman–Crippen MR) is 81.6 cm³/mol. The Labute approximate surface area is 122 Å². The zero-order chi connectivity index (χ0) is 14.1. The third kappa shape index (κ3) is 2.43. The number of nitrogens with zero attached hydrogens (tertiary/aromatic N) is 1. The van der Waals surface area contributed by atoms with Crippen LogP contribution in [0.1, 0.15) is 18.7 Å². The standard InChI is InChI=1S/C15H18N2O2S/c1-10(17(2)15(18)12-8-20-9-16-12)14-7-11-5-3-4-6-13(11)19-14/h3-7,10,12,16H,8-9H2,1-2H3. The summed E-state index contributed by atoms with van der Waals surface area (Å²) in [6.07, 6.45) is 0. The second-order valence-electron chi connectivity index (χ2n) is 5.08. The summed E-state index contributed by atoms with van der Waals surface area (Å²) < 4.78 is 5.84. The molecule has 20 heavy (non-hydrogen) atoms. The topological polar surface area (TPSA) is 45.5 Å². The van der Waals surface area contributed by atoms with Gasteiger partial charge in [-0.05, 0) is 19.1 Å². The molecule has 1 amide bonds. The molecular weight excluding hydrogens is 272 g/mol. The molecular formula is C15H18N2O2S. The Bertz CT molecular complexity index is 586. The van der Waals surface area contributed by atoms with Crippen LogP contribution in [0.25, 0.3) is 11.0 Å². The summed E-state index contributed by atoms with van der Waals surface area (Å²) in [5, 5.41) is 4.29. The van der Waals surface area contributed by atoms with Crippen LogP contribution in [0.5, 0.6) is 0 Å². The number of likely N-dealkylation sites (N-methyl/N-ethyl adjacent to an activating group) is 1. The number of hydrogen-bond acceptors (Lipinski definition) is 4. The van der Waals surface area contributed by atoms with Gasteiger partial charge in [-0.2, -0.15) is 0 Å². The van der Waals surface area contributed by atoms with Crippen molar-refractivity contribution in [2.75, 3.05) is 18.7 Å². The molecule has 1 N–H and O–H groups in total. The summed E-state index contributed by atoms with van der Waals surface area (Å²) in [5.41, 5.74) is 0.866. The molecule has 0 saturated carbocycles. The van der Waals surface area contributed by atoms with Crippen molar-refractivity contribution in [3.05, 3.63) is 36.1 Å². The maximum atomic E-state index is 12.4. The van der Waals surface area contributed by atoms with E-state index in [-0.39, 0.29) is 18.0 Å². The Kier molecular flexibility index (Phi) is 3.72. The number of hydrogen-bond donors (Lipinski definition) is 1. The molecule has 4 nitrogen and oxygen atoms in total.